The molecule has 0 amide bonds. The molecule has 0 aliphatic carbocycles. The van der Waals surface area contributed by atoms with Crippen molar-refractivity contribution < 1.29 is 15.2 Å². The summed E-state index contributed by atoms with van der Waals surface area (Å²) in [4.78, 5) is 0. The summed E-state index contributed by atoms with van der Waals surface area (Å²) in [5.41, 5.74) is 0.802. The number of hydrogen-bond donors (Lipinski definition) is 1. The molecule has 3 rings (SSSR count). The van der Waals surface area contributed by atoms with Crippen LogP contribution in [0.2, 0.25) is 0 Å². The predicted molar refractivity (Wildman–Crippen MR) is 78.0 cm³/mol. The normalized spacial score (nSPS) is 13.3. The van der Waals surface area contributed by atoms with Gasteiger partial charge in [-0.05, 0) is 40.1 Å². The summed E-state index contributed by atoms with van der Waals surface area (Å²) in [5.74, 6) is -0.299. The number of rotatable bonds is 3. The molecule has 0 aliphatic rings. The van der Waals surface area contributed by atoms with Gasteiger partial charge in [0.2, 0.25) is 0 Å². The number of fused-ring (bicyclic) bond motifs is 1. The van der Waals surface area contributed by atoms with E-state index in [2.05, 4.69) is 0 Å². The van der Waals surface area contributed by atoms with Crippen LogP contribution in [0.15, 0.2) is 66.6 Å². The van der Waals surface area contributed by atoms with Gasteiger partial charge >= 0.3 is 7.69 Å². The summed E-state index contributed by atoms with van der Waals surface area (Å²) in [6.45, 7) is 0. The largest absolute Gasteiger partial charge is 0.569 e. The Balaban J connectivity index is 2.26. The molecule has 1 radical (unpaired) electrons. The lowest BCUT2D eigenvalue weighted by atomic mass is 10.0. The lowest BCUT2D eigenvalue weighted by Crippen LogP contribution is -1.99. The maximum atomic E-state index is 8.72. The van der Waals surface area contributed by atoms with Crippen molar-refractivity contribution >= 4 is 18.5 Å². The van der Waals surface area contributed by atoms with Crippen molar-refractivity contribution in [3.05, 3.63) is 66.6 Å². The second kappa shape index (κ2) is 5.16. The standard InChI is InChI=1S/C16H12BO2/c18-17-19-16-9-7-13(8-10-16)15-6-5-12-3-1-2-4-14(12)11-15/h1-11,18H/i7D,8D,9D,10D. The summed E-state index contributed by atoms with van der Waals surface area (Å²) in [7, 11) is 0.347. The van der Waals surface area contributed by atoms with Crippen LogP contribution in [-0.2, 0) is 0 Å². The van der Waals surface area contributed by atoms with Gasteiger partial charge in [0.1, 0.15) is 5.75 Å². The summed E-state index contributed by atoms with van der Waals surface area (Å²) >= 11 is 0. The second-order valence-corrected chi connectivity index (χ2v) is 3.99. The maximum Gasteiger partial charge on any atom is 0.569 e. The first kappa shape index (κ1) is 8.02. The van der Waals surface area contributed by atoms with E-state index in [0.29, 0.717) is 13.2 Å². The van der Waals surface area contributed by atoms with Crippen molar-refractivity contribution in [1.82, 2.24) is 0 Å². The number of benzene rings is 3. The van der Waals surface area contributed by atoms with Crippen LogP contribution in [0.4, 0.5) is 0 Å². The van der Waals surface area contributed by atoms with Gasteiger partial charge in [0.15, 0.2) is 0 Å². The molecular formula is C16H12BO2. The molecule has 1 N–H and O–H groups in total. The smallest absolute Gasteiger partial charge is 0.537 e. The fourth-order valence-electron chi connectivity index (χ4n) is 1.90. The summed E-state index contributed by atoms with van der Waals surface area (Å²) in [5, 5.41) is 10.7. The van der Waals surface area contributed by atoms with Crippen LogP contribution >= 0.6 is 0 Å². The Bertz CT molecular complexity index is 870. The molecule has 0 fully saturated rings. The molecule has 3 heteroatoms. The Hall–Kier alpha value is -2.26. The molecule has 0 saturated carbocycles. The first-order chi connectivity index (χ1) is 11.0. The van der Waals surface area contributed by atoms with Gasteiger partial charge in [-0.25, -0.2) is 0 Å². The molecule has 19 heavy (non-hydrogen) atoms. The Morgan fingerprint density at radius 1 is 0.895 bits per heavy atom. The van der Waals surface area contributed by atoms with Crippen molar-refractivity contribution in [1.29, 1.82) is 0 Å². The second-order valence-electron chi connectivity index (χ2n) is 3.99. The maximum absolute atomic E-state index is 8.72. The lowest BCUT2D eigenvalue weighted by Gasteiger charge is -2.06. The molecule has 2 nitrogen and oxygen atoms in total. The first-order valence-corrected chi connectivity index (χ1v) is 5.76. The third-order valence-corrected chi connectivity index (χ3v) is 2.81. The minimum atomic E-state index is -0.334. The van der Waals surface area contributed by atoms with Crippen molar-refractivity contribution in [2.45, 2.75) is 0 Å². The van der Waals surface area contributed by atoms with Gasteiger partial charge in [-0.15, -0.1) is 0 Å². The first-order valence-electron chi connectivity index (χ1n) is 7.76. The van der Waals surface area contributed by atoms with E-state index in [4.69, 9.17) is 15.2 Å². The highest BCUT2D eigenvalue weighted by molar-refractivity contribution is 6.17. The zero-order valence-electron chi connectivity index (χ0n) is 14.0. The molecule has 3 aromatic rings. The fourth-order valence-corrected chi connectivity index (χ4v) is 1.90. The highest BCUT2D eigenvalue weighted by atomic mass is 16.5. The van der Waals surface area contributed by atoms with Crippen molar-refractivity contribution in [3.63, 3.8) is 0 Å². The fraction of sp³-hybridized carbons (Fsp3) is 0. The van der Waals surface area contributed by atoms with Gasteiger partial charge in [-0.1, -0.05) is 48.5 Å². The minimum absolute atomic E-state index is 0.205. The van der Waals surface area contributed by atoms with Gasteiger partial charge in [-0.2, -0.15) is 0 Å². The van der Waals surface area contributed by atoms with Crippen molar-refractivity contribution in [2.75, 3.05) is 0 Å². The number of hydrogen-bond acceptors (Lipinski definition) is 2. The van der Waals surface area contributed by atoms with Crippen LogP contribution in [0.1, 0.15) is 5.48 Å². The van der Waals surface area contributed by atoms with Crippen molar-refractivity contribution in [2.24, 2.45) is 0 Å². The van der Waals surface area contributed by atoms with Crippen LogP contribution in [-0.4, -0.2) is 12.7 Å². The van der Waals surface area contributed by atoms with Crippen LogP contribution < -0.4 is 4.65 Å². The molecule has 91 valence electrons. The summed E-state index contributed by atoms with van der Waals surface area (Å²) in [6.07, 6.45) is 0. The Morgan fingerprint density at radius 2 is 1.63 bits per heavy atom. The van der Waals surface area contributed by atoms with Crippen LogP contribution in [0.3, 0.4) is 0 Å². The van der Waals surface area contributed by atoms with E-state index in [1.54, 1.807) is 6.07 Å². The molecule has 3 aromatic carbocycles. The molecule has 0 aliphatic heterocycles. The Morgan fingerprint density at radius 3 is 2.37 bits per heavy atom. The Kier molecular flexibility index (Phi) is 2.18. The molecule has 0 bridgehead atoms. The molecule has 0 unspecified atom stereocenters. The zero-order valence-corrected chi connectivity index (χ0v) is 9.97. The molecule has 0 saturated heterocycles. The minimum Gasteiger partial charge on any atom is -0.537 e. The van der Waals surface area contributed by atoms with Crippen LogP contribution in [0, 0.1) is 0 Å². The third kappa shape index (κ3) is 2.46. The van der Waals surface area contributed by atoms with Gasteiger partial charge in [0, 0.05) is 0 Å². The molecule has 0 atom stereocenters. The topological polar surface area (TPSA) is 29.5 Å². The van der Waals surface area contributed by atoms with E-state index < -0.39 is 0 Å². The summed E-state index contributed by atoms with van der Waals surface area (Å²) in [6, 6.07) is 12.1. The molecule has 0 aromatic heterocycles. The average molecular weight is 251 g/mol. The highest BCUT2D eigenvalue weighted by Gasteiger charge is 2.00. The zero-order chi connectivity index (χ0) is 16.6. The predicted octanol–water partition coefficient (Wildman–Crippen LogP) is 3.41. The lowest BCUT2D eigenvalue weighted by molar-refractivity contribution is 0.454. The van der Waals surface area contributed by atoms with Crippen molar-refractivity contribution in [3.8, 4) is 16.9 Å². The Labute approximate surface area is 118 Å². The van der Waals surface area contributed by atoms with E-state index >= 15 is 0 Å². The van der Waals surface area contributed by atoms with E-state index in [1.165, 1.54) is 0 Å². The monoisotopic (exact) mass is 251 g/mol. The van der Waals surface area contributed by atoms with Crippen LogP contribution in [0.5, 0.6) is 5.75 Å². The molecular weight excluding hydrogens is 235 g/mol. The van der Waals surface area contributed by atoms with E-state index in [0.717, 1.165) is 10.8 Å². The van der Waals surface area contributed by atoms with Gasteiger partial charge < -0.3 is 9.68 Å². The van der Waals surface area contributed by atoms with Gasteiger partial charge in [0.05, 0.1) is 5.48 Å². The van der Waals surface area contributed by atoms with Crippen LogP contribution in [0.25, 0.3) is 21.9 Å². The van der Waals surface area contributed by atoms with E-state index in [-0.39, 0.29) is 35.5 Å². The van der Waals surface area contributed by atoms with Gasteiger partial charge in [0.25, 0.3) is 0 Å². The van der Waals surface area contributed by atoms with E-state index in [1.807, 2.05) is 36.4 Å². The third-order valence-electron chi connectivity index (χ3n) is 2.81. The quantitative estimate of drug-likeness (QED) is 0.723. The molecule has 0 heterocycles. The SMILES string of the molecule is [2H]c1c([2H])c(-c2ccc3ccccc3c2)c([2H])c([2H])c1O[B]O. The molecule has 0 spiro atoms. The van der Waals surface area contributed by atoms with E-state index in [9.17, 15) is 0 Å². The summed E-state index contributed by atoms with van der Waals surface area (Å²) < 4.78 is 36.9. The average Bonchev–Trinajstić information content (AvgIpc) is 2.57. The van der Waals surface area contributed by atoms with Gasteiger partial charge in [-0.3, -0.25) is 0 Å². The highest BCUT2D eigenvalue weighted by Crippen LogP contribution is 2.25.